The van der Waals surface area contributed by atoms with Crippen LogP contribution in [-0.4, -0.2) is 16.2 Å². The van der Waals surface area contributed by atoms with Crippen molar-refractivity contribution < 1.29 is 0 Å². The number of nitriles is 1. The van der Waals surface area contributed by atoms with Gasteiger partial charge in [-0.2, -0.15) is 5.26 Å². The zero-order valence-electron chi connectivity index (χ0n) is 7.53. The van der Waals surface area contributed by atoms with E-state index in [-0.39, 0.29) is 0 Å². The molecule has 1 heterocycles. The molecule has 66 valence electrons. The monoisotopic (exact) mass is 191 g/mol. The lowest BCUT2D eigenvalue weighted by Gasteiger charge is -2.02. The van der Waals surface area contributed by atoms with Gasteiger partial charge in [-0.1, -0.05) is 18.3 Å². The lowest BCUT2D eigenvalue weighted by molar-refractivity contribution is 0.948. The molecule has 13 heavy (non-hydrogen) atoms. The second kappa shape index (κ2) is 4.06. The summed E-state index contributed by atoms with van der Waals surface area (Å²) in [5.41, 5.74) is 1.90. The number of thioether (sulfide) groups is 1. The largest absolute Gasteiger partial charge is 0.230 e. The molecule has 0 amide bonds. The van der Waals surface area contributed by atoms with Gasteiger partial charge >= 0.3 is 0 Å². The van der Waals surface area contributed by atoms with Gasteiger partial charge in [0.1, 0.15) is 6.07 Å². The first-order valence-corrected chi connectivity index (χ1v) is 4.88. The molecular weight excluding hydrogens is 182 g/mol. The van der Waals surface area contributed by atoms with E-state index in [2.05, 4.69) is 16.5 Å². The molecular formula is C9H9N3S. The highest BCUT2D eigenvalue weighted by molar-refractivity contribution is 7.98. The Morgan fingerprint density at radius 1 is 1.69 bits per heavy atom. The van der Waals surface area contributed by atoms with E-state index >= 15 is 0 Å². The SMILES string of the molecule is C=C(C)c1nc(SC)ncc1C#N. The van der Waals surface area contributed by atoms with Crippen LogP contribution in [0.3, 0.4) is 0 Å². The lowest BCUT2D eigenvalue weighted by atomic mass is 10.1. The van der Waals surface area contributed by atoms with E-state index in [0.717, 1.165) is 5.57 Å². The molecule has 0 aliphatic heterocycles. The quantitative estimate of drug-likeness (QED) is 0.530. The van der Waals surface area contributed by atoms with E-state index in [4.69, 9.17) is 5.26 Å². The summed E-state index contributed by atoms with van der Waals surface area (Å²) >= 11 is 1.45. The first kappa shape index (κ1) is 9.75. The summed E-state index contributed by atoms with van der Waals surface area (Å²) in [7, 11) is 0. The minimum atomic E-state index is 0.477. The molecule has 0 unspecified atom stereocenters. The molecule has 0 atom stereocenters. The first-order chi connectivity index (χ1) is 6.19. The molecule has 0 aliphatic rings. The van der Waals surface area contributed by atoms with Gasteiger partial charge < -0.3 is 0 Å². The van der Waals surface area contributed by atoms with Crippen molar-refractivity contribution in [2.45, 2.75) is 12.1 Å². The van der Waals surface area contributed by atoms with Gasteiger partial charge in [0, 0.05) is 6.20 Å². The summed E-state index contributed by atoms with van der Waals surface area (Å²) in [6.45, 7) is 5.59. The van der Waals surface area contributed by atoms with Crippen LogP contribution in [-0.2, 0) is 0 Å². The number of allylic oxidation sites excluding steroid dienone is 1. The smallest absolute Gasteiger partial charge is 0.187 e. The molecule has 0 aliphatic carbocycles. The van der Waals surface area contributed by atoms with Crippen molar-refractivity contribution in [1.82, 2.24) is 9.97 Å². The van der Waals surface area contributed by atoms with Crippen LogP contribution in [0.2, 0.25) is 0 Å². The Morgan fingerprint density at radius 2 is 2.38 bits per heavy atom. The Labute approximate surface area is 81.5 Å². The van der Waals surface area contributed by atoms with Gasteiger partial charge in [-0.25, -0.2) is 9.97 Å². The molecule has 0 N–H and O–H groups in total. The van der Waals surface area contributed by atoms with E-state index in [1.54, 1.807) is 0 Å². The fourth-order valence-electron chi connectivity index (χ4n) is 0.871. The molecule has 0 radical (unpaired) electrons. The standard InChI is InChI=1S/C9H9N3S/c1-6(2)8-7(4-10)5-11-9(12-8)13-3/h5H,1H2,2-3H3. The van der Waals surface area contributed by atoms with Crippen molar-refractivity contribution in [2.24, 2.45) is 0 Å². The highest BCUT2D eigenvalue weighted by Gasteiger charge is 2.06. The summed E-state index contributed by atoms with van der Waals surface area (Å²) < 4.78 is 0. The van der Waals surface area contributed by atoms with Crippen LogP contribution in [0, 0.1) is 11.3 Å². The van der Waals surface area contributed by atoms with E-state index in [1.807, 2.05) is 19.2 Å². The summed E-state index contributed by atoms with van der Waals surface area (Å²) in [5.74, 6) is 0. The van der Waals surface area contributed by atoms with E-state index in [1.165, 1.54) is 18.0 Å². The van der Waals surface area contributed by atoms with Gasteiger partial charge in [0.25, 0.3) is 0 Å². The molecule has 1 rings (SSSR count). The molecule has 1 aromatic heterocycles. The van der Waals surface area contributed by atoms with E-state index in [9.17, 15) is 0 Å². The van der Waals surface area contributed by atoms with Crippen LogP contribution in [0.25, 0.3) is 5.57 Å². The molecule has 0 aromatic carbocycles. The number of aromatic nitrogens is 2. The van der Waals surface area contributed by atoms with Gasteiger partial charge in [-0.05, 0) is 18.8 Å². The fraction of sp³-hybridized carbons (Fsp3) is 0.222. The maximum atomic E-state index is 8.75. The van der Waals surface area contributed by atoms with E-state index < -0.39 is 0 Å². The van der Waals surface area contributed by atoms with Crippen LogP contribution in [0.1, 0.15) is 18.2 Å². The van der Waals surface area contributed by atoms with Crippen molar-refractivity contribution in [3.63, 3.8) is 0 Å². The average molecular weight is 191 g/mol. The van der Waals surface area contributed by atoms with Gasteiger partial charge in [0.15, 0.2) is 5.16 Å². The van der Waals surface area contributed by atoms with Crippen LogP contribution in [0.5, 0.6) is 0 Å². The van der Waals surface area contributed by atoms with Crippen LogP contribution in [0.15, 0.2) is 17.9 Å². The molecule has 1 aromatic rings. The Morgan fingerprint density at radius 3 is 2.85 bits per heavy atom. The third-order valence-corrected chi connectivity index (χ3v) is 2.04. The van der Waals surface area contributed by atoms with Crippen LogP contribution in [0.4, 0.5) is 0 Å². The van der Waals surface area contributed by atoms with E-state index in [0.29, 0.717) is 16.4 Å². The zero-order valence-corrected chi connectivity index (χ0v) is 8.35. The van der Waals surface area contributed by atoms with Crippen molar-refractivity contribution in [3.8, 4) is 6.07 Å². The Balaban J connectivity index is 3.28. The van der Waals surface area contributed by atoms with Crippen LogP contribution >= 0.6 is 11.8 Å². The third-order valence-electron chi connectivity index (χ3n) is 1.47. The maximum Gasteiger partial charge on any atom is 0.187 e. The highest BCUT2D eigenvalue weighted by atomic mass is 32.2. The predicted molar refractivity (Wildman–Crippen MR) is 53.2 cm³/mol. The zero-order chi connectivity index (χ0) is 9.84. The number of rotatable bonds is 2. The lowest BCUT2D eigenvalue weighted by Crippen LogP contribution is -1.95. The summed E-state index contributed by atoms with van der Waals surface area (Å²) in [6.07, 6.45) is 3.42. The second-order valence-electron chi connectivity index (χ2n) is 2.51. The molecule has 4 heteroatoms. The van der Waals surface area contributed by atoms with Crippen molar-refractivity contribution >= 4 is 17.3 Å². The predicted octanol–water partition coefficient (Wildman–Crippen LogP) is 2.10. The minimum Gasteiger partial charge on any atom is -0.230 e. The Hall–Kier alpha value is -1.34. The summed E-state index contributed by atoms with van der Waals surface area (Å²) in [6, 6.07) is 2.03. The number of hydrogen-bond donors (Lipinski definition) is 0. The van der Waals surface area contributed by atoms with Gasteiger partial charge in [-0.3, -0.25) is 0 Å². The maximum absolute atomic E-state index is 8.75. The van der Waals surface area contributed by atoms with Crippen LogP contribution < -0.4 is 0 Å². The number of nitrogens with zero attached hydrogens (tertiary/aromatic N) is 3. The minimum absolute atomic E-state index is 0.477. The molecule has 0 saturated heterocycles. The van der Waals surface area contributed by atoms with Crippen molar-refractivity contribution in [1.29, 1.82) is 5.26 Å². The molecule has 0 saturated carbocycles. The Bertz CT molecular complexity index is 379. The second-order valence-corrected chi connectivity index (χ2v) is 3.28. The summed E-state index contributed by atoms with van der Waals surface area (Å²) in [5, 5.41) is 9.42. The van der Waals surface area contributed by atoms with Crippen molar-refractivity contribution in [2.75, 3.05) is 6.26 Å². The molecule has 0 fully saturated rings. The molecule has 0 bridgehead atoms. The number of hydrogen-bond acceptors (Lipinski definition) is 4. The first-order valence-electron chi connectivity index (χ1n) is 3.66. The highest BCUT2D eigenvalue weighted by Crippen LogP contribution is 2.16. The molecule has 0 spiro atoms. The van der Waals surface area contributed by atoms with Gasteiger partial charge in [0.05, 0.1) is 11.3 Å². The fourth-order valence-corrected chi connectivity index (χ4v) is 1.21. The Kier molecular flexibility index (Phi) is 3.04. The topological polar surface area (TPSA) is 49.6 Å². The van der Waals surface area contributed by atoms with Gasteiger partial charge in [-0.15, -0.1) is 0 Å². The van der Waals surface area contributed by atoms with Gasteiger partial charge in [0.2, 0.25) is 0 Å². The third kappa shape index (κ3) is 2.07. The molecule has 3 nitrogen and oxygen atoms in total. The average Bonchev–Trinajstić information content (AvgIpc) is 2.16. The normalized spacial score (nSPS) is 9.31. The summed E-state index contributed by atoms with van der Waals surface area (Å²) in [4.78, 5) is 8.19. The van der Waals surface area contributed by atoms with Crippen molar-refractivity contribution in [3.05, 3.63) is 24.0 Å².